The fourth-order valence-corrected chi connectivity index (χ4v) is 3.05. The summed E-state index contributed by atoms with van der Waals surface area (Å²) in [5.74, 6) is 0.0500. The molecular weight excluding hydrogens is 316 g/mol. The third kappa shape index (κ3) is 4.25. The van der Waals surface area contributed by atoms with Crippen LogP contribution in [0.15, 0.2) is 29.3 Å². The first kappa shape index (κ1) is 17.3. The monoisotopic (exact) mass is 338 g/mol. The van der Waals surface area contributed by atoms with Crippen molar-refractivity contribution in [2.75, 3.05) is 5.75 Å². The van der Waals surface area contributed by atoms with Crippen LogP contribution in [0.5, 0.6) is 0 Å². The van der Waals surface area contributed by atoms with Crippen LogP contribution in [0.25, 0.3) is 10.9 Å². The summed E-state index contributed by atoms with van der Waals surface area (Å²) in [5, 5.41) is 3.45. The zero-order chi connectivity index (χ0) is 17.3. The van der Waals surface area contributed by atoms with Crippen molar-refractivity contribution in [1.29, 1.82) is 0 Å². The van der Waals surface area contributed by atoms with Crippen molar-refractivity contribution >= 4 is 26.8 Å². The number of alkyl carbamates (subject to hydrolysis) is 1. The molecule has 0 fully saturated rings. The lowest BCUT2D eigenvalue weighted by Crippen LogP contribution is -2.32. The van der Waals surface area contributed by atoms with Crippen molar-refractivity contribution in [1.82, 2.24) is 10.3 Å². The highest BCUT2D eigenvalue weighted by Crippen LogP contribution is 2.23. The van der Waals surface area contributed by atoms with Crippen LogP contribution < -0.4 is 5.32 Å². The van der Waals surface area contributed by atoms with Crippen molar-refractivity contribution in [3.63, 3.8) is 0 Å². The van der Waals surface area contributed by atoms with Crippen LogP contribution in [0.2, 0.25) is 0 Å². The van der Waals surface area contributed by atoms with Gasteiger partial charge < -0.3 is 15.0 Å². The average molecular weight is 338 g/mol. The maximum Gasteiger partial charge on any atom is 0.407 e. The quantitative estimate of drug-likeness (QED) is 0.897. The molecule has 126 valence electrons. The van der Waals surface area contributed by atoms with E-state index in [1.807, 2.05) is 0 Å². The first-order valence-corrected chi connectivity index (χ1v) is 9.07. The van der Waals surface area contributed by atoms with Gasteiger partial charge in [0.05, 0.1) is 10.6 Å². The Labute approximate surface area is 136 Å². The number of rotatable bonds is 4. The summed E-state index contributed by atoms with van der Waals surface area (Å²) in [4.78, 5) is 15.1. The molecule has 2 N–H and O–H groups in total. The third-order valence-electron chi connectivity index (χ3n) is 3.30. The van der Waals surface area contributed by atoms with Gasteiger partial charge in [0.25, 0.3) is 0 Å². The van der Waals surface area contributed by atoms with Crippen LogP contribution in [0, 0.1) is 0 Å². The molecule has 0 atom stereocenters. The minimum Gasteiger partial charge on any atom is -0.444 e. The van der Waals surface area contributed by atoms with E-state index in [9.17, 15) is 13.2 Å². The minimum absolute atomic E-state index is 0.0500. The third-order valence-corrected chi connectivity index (χ3v) is 5.03. The van der Waals surface area contributed by atoms with E-state index in [2.05, 4.69) is 10.3 Å². The lowest BCUT2D eigenvalue weighted by Gasteiger charge is -2.19. The summed E-state index contributed by atoms with van der Waals surface area (Å²) in [6.07, 6.45) is 1.24. The molecule has 1 aromatic carbocycles. The Bertz CT molecular complexity index is 816. The molecule has 1 aromatic heterocycles. The number of aromatic nitrogens is 1. The van der Waals surface area contributed by atoms with Gasteiger partial charge in [0.1, 0.15) is 5.60 Å². The van der Waals surface area contributed by atoms with Crippen LogP contribution in [0.1, 0.15) is 33.3 Å². The number of H-pyrrole nitrogens is 1. The molecule has 0 unspecified atom stereocenters. The van der Waals surface area contributed by atoms with Gasteiger partial charge in [-0.1, -0.05) is 6.92 Å². The Balaban J connectivity index is 2.22. The minimum atomic E-state index is -3.27. The number of amides is 1. The topological polar surface area (TPSA) is 88.3 Å². The first-order valence-electron chi connectivity index (χ1n) is 7.42. The molecule has 23 heavy (non-hydrogen) atoms. The van der Waals surface area contributed by atoms with E-state index in [-0.39, 0.29) is 17.2 Å². The standard InChI is InChI=1S/C16H22N2O4S/c1-5-23(20,21)12-6-7-14-13(8-12)11(9-17-14)10-18-15(19)22-16(2,3)4/h6-9,17H,5,10H2,1-4H3,(H,18,19). The van der Waals surface area contributed by atoms with Gasteiger partial charge in [-0.3, -0.25) is 0 Å². The smallest absolute Gasteiger partial charge is 0.407 e. The zero-order valence-corrected chi connectivity index (χ0v) is 14.6. The molecule has 0 aliphatic rings. The number of fused-ring (bicyclic) bond motifs is 1. The molecule has 0 radical (unpaired) electrons. The summed E-state index contributed by atoms with van der Waals surface area (Å²) in [6, 6.07) is 4.95. The number of ether oxygens (including phenoxy) is 1. The Kier molecular flexibility index (Phi) is 4.70. The van der Waals surface area contributed by atoms with Crippen LogP contribution in [0.3, 0.4) is 0 Å². The normalized spacial score (nSPS) is 12.3. The highest BCUT2D eigenvalue weighted by Gasteiger charge is 2.17. The SMILES string of the molecule is CCS(=O)(=O)c1ccc2[nH]cc(CNC(=O)OC(C)(C)C)c2c1. The Morgan fingerprint density at radius 1 is 1.30 bits per heavy atom. The molecule has 0 saturated heterocycles. The number of hydrogen-bond donors (Lipinski definition) is 2. The van der Waals surface area contributed by atoms with Gasteiger partial charge in [0.2, 0.25) is 0 Å². The van der Waals surface area contributed by atoms with Crippen molar-refractivity contribution in [3.05, 3.63) is 30.0 Å². The van der Waals surface area contributed by atoms with Crippen molar-refractivity contribution in [2.45, 2.75) is 44.7 Å². The molecule has 2 aromatic rings. The summed E-state index contributed by atoms with van der Waals surface area (Å²) in [6.45, 7) is 7.24. The predicted octanol–water partition coefficient (Wildman–Crippen LogP) is 2.99. The molecular formula is C16H22N2O4S. The second-order valence-electron chi connectivity index (χ2n) is 6.28. The molecule has 0 bridgehead atoms. The van der Waals surface area contributed by atoms with Crippen molar-refractivity contribution in [2.24, 2.45) is 0 Å². The molecule has 6 nitrogen and oxygen atoms in total. The lowest BCUT2D eigenvalue weighted by molar-refractivity contribution is 0.0524. The van der Waals surface area contributed by atoms with E-state index in [1.165, 1.54) is 0 Å². The average Bonchev–Trinajstić information content (AvgIpc) is 2.85. The van der Waals surface area contributed by atoms with E-state index in [1.54, 1.807) is 52.1 Å². The highest BCUT2D eigenvalue weighted by atomic mass is 32.2. The molecule has 0 aliphatic carbocycles. The summed E-state index contributed by atoms with van der Waals surface area (Å²) in [5.41, 5.74) is 1.06. The molecule has 0 spiro atoms. The Morgan fingerprint density at radius 2 is 2.00 bits per heavy atom. The van der Waals surface area contributed by atoms with E-state index in [0.29, 0.717) is 0 Å². The van der Waals surface area contributed by atoms with Crippen molar-refractivity contribution in [3.8, 4) is 0 Å². The molecule has 2 rings (SSSR count). The fraction of sp³-hybridized carbons (Fsp3) is 0.438. The number of benzene rings is 1. The van der Waals surface area contributed by atoms with Gasteiger partial charge in [-0.15, -0.1) is 0 Å². The second kappa shape index (κ2) is 6.23. The number of hydrogen-bond acceptors (Lipinski definition) is 4. The molecule has 1 heterocycles. The van der Waals surface area contributed by atoms with E-state index < -0.39 is 21.5 Å². The number of sulfone groups is 1. The zero-order valence-electron chi connectivity index (χ0n) is 13.8. The van der Waals surface area contributed by atoms with Crippen LogP contribution in [-0.2, 0) is 21.1 Å². The van der Waals surface area contributed by atoms with Crippen LogP contribution >= 0.6 is 0 Å². The Morgan fingerprint density at radius 3 is 2.61 bits per heavy atom. The number of carbonyl (C=O) groups is 1. The summed E-state index contributed by atoms with van der Waals surface area (Å²) >= 11 is 0. The molecule has 7 heteroatoms. The van der Waals surface area contributed by atoms with Gasteiger partial charge in [-0.2, -0.15) is 0 Å². The van der Waals surface area contributed by atoms with Gasteiger partial charge in [-0.05, 0) is 44.5 Å². The van der Waals surface area contributed by atoms with Gasteiger partial charge in [0, 0.05) is 23.6 Å². The second-order valence-corrected chi connectivity index (χ2v) is 8.56. The lowest BCUT2D eigenvalue weighted by atomic mass is 10.2. The number of aromatic amines is 1. The molecule has 0 aliphatic heterocycles. The molecule has 1 amide bonds. The number of carbonyl (C=O) groups excluding carboxylic acids is 1. The van der Waals surface area contributed by atoms with Gasteiger partial charge in [-0.25, -0.2) is 13.2 Å². The van der Waals surface area contributed by atoms with Crippen LogP contribution in [0.4, 0.5) is 4.79 Å². The maximum absolute atomic E-state index is 12.0. The van der Waals surface area contributed by atoms with Gasteiger partial charge in [0.15, 0.2) is 9.84 Å². The van der Waals surface area contributed by atoms with Gasteiger partial charge >= 0.3 is 6.09 Å². The van der Waals surface area contributed by atoms with Crippen LogP contribution in [-0.4, -0.2) is 30.8 Å². The van der Waals surface area contributed by atoms with E-state index >= 15 is 0 Å². The largest absolute Gasteiger partial charge is 0.444 e. The summed E-state index contributed by atoms with van der Waals surface area (Å²) in [7, 11) is -3.27. The Hall–Kier alpha value is -2.02. The van der Waals surface area contributed by atoms with Crippen molar-refractivity contribution < 1.29 is 17.9 Å². The fourth-order valence-electron chi connectivity index (χ4n) is 2.15. The number of nitrogens with one attached hydrogen (secondary N) is 2. The predicted molar refractivity (Wildman–Crippen MR) is 89.1 cm³/mol. The van der Waals surface area contributed by atoms with E-state index in [4.69, 9.17) is 4.74 Å². The summed E-state index contributed by atoms with van der Waals surface area (Å²) < 4.78 is 29.2. The highest BCUT2D eigenvalue weighted by molar-refractivity contribution is 7.91. The maximum atomic E-state index is 12.0. The van der Waals surface area contributed by atoms with E-state index in [0.717, 1.165) is 16.5 Å². The first-order chi connectivity index (χ1) is 10.6. The molecule has 0 saturated carbocycles.